The average Bonchev–Trinajstić information content (AvgIpc) is 3.08. The van der Waals surface area contributed by atoms with Gasteiger partial charge in [-0.15, -0.1) is 0 Å². The SMILES string of the molecule is O=C(CN1CCC(c2nc3ccccc3o2)CC1)Nc1ccc(Br)cc1. The van der Waals surface area contributed by atoms with E-state index in [-0.39, 0.29) is 5.91 Å². The predicted octanol–water partition coefficient (Wildman–Crippen LogP) is 4.41. The number of halogens is 1. The van der Waals surface area contributed by atoms with Crippen LogP contribution < -0.4 is 5.32 Å². The molecule has 1 N–H and O–H groups in total. The van der Waals surface area contributed by atoms with Gasteiger partial charge in [0.05, 0.1) is 6.54 Å². The molecule has 2 aromatic carbocycles. The highest BCUT2D eigenvalue weighted by Crippen LogP contribution is 2.29. The molecular weight excluding hydrogens is 394 g/mol. The first-order chi connectivity index (χ1) is 12.7. The Morgan fingerprint density at radius 3 is 2.62 bits per heavy atom. The van der Waals surface area contributed by atoms with E-state index in [1.165, 1.54) is 0 Å². The van der Waals surface area contributed by atoms with Crippen molar-refractivity contribution in [2.45, 2.75) is 18.8 Å². The molecule has 1 amide bonds. The van der Waals surface area contributed by atoms with Gasteiger partial charge in [-0.1, -0.05) is 28.1 Å². The van der Waals surface area contributed by atoms with Gasteiger partial charge in [0.2, 0.25) is 5.91 Å². The number of benzene rings is 2. The molecule has 0 atom stereocenters. The van der Waals surface area contributed by atoms with E-state index in [0.29, 0.717) is 12.5 Å². The van der Waals surface area contributed by atoms with E-state index < -0.39 is 0 Å². The number of carbonyl (C=O) groups is 1. The number of carbonyl (C=O) groups excluding carboxylic acids is 1. The molecule has 4 rings (SSSR count). The minimum Gasteiger partial charge on any atom is -0.440 e. The van der Waals surface area contributed by atoms with Crippen LogP contribution in [0.2, 0.25) is 0 Å². The Morgan fingerprint density at radius 2 is 1.88 bits per heavy atom. The van der Waals surface area contributed by atoms with Crippen LogP contribution >= 0.6 is 15.9 Å². The zero-order valence-corrected chi connectivity index (χ0v) is 15.9. The first kappa shape index (κ1) is 17.2. The molecule has 1 fully saturated rings. The summed E-state index contributed by atoms with van der Waals surface area (Å²) in [4.78, 5) is 19.0. The van der Waals surface area contributed by atoms with Crippen molar-refractivity contribution in [1.82, 2.24) is 9.88 Å². The third kappa shape index (κ3) is 3.97. The van der Waals surface area contributed by atoms with Crippen LogP contribution in [0, 0.1) is 0 Å². The summed E-state index contributed by atoms with van der Waals surface area (Å²) in [7, 11) is 0. The Morgan fingerprint density at radius 1 is 1.15 bits per heavy atom. The smallest absolute Gasteiger partial charge is 0.238 e. The van der Waals surface area contributed by atoms with Gasteiger partial charge in [-0.25, -0.2) is 4.98 Å². The van der Waals surface area contributed by atoms with Crippen molar-refractivity contribution in [1.29, 1.82) is 0 Å². The van der Waals surface area contributed by atoms with E-state index in [9.17, 15) is 4.79 Å². The topological polar surface area (TPSA) is 58.4 Å². The number of likely N-dealkylation sites (tertiary alicyclic amines) is 1. The molecule has 0 bridgehead atoms. The average molecular weight is 414 g/mol. The molecule has 1 saturated heterocycles. The molecule has 0 radical (unpaired) electrons. The Kier molecular flexibility index (Phi) is 5.04. The maximum atomic E-state index is 12.2. The first-order valence-electron chi connectivity index (χ1n) is 8.80. The van der Waals surface area contributed by atoms with Crippen molar-refractivity contribution in [2.24, 2.45) is 0 Å². The number of nitrogens with zero attached hydrogens (tertiary/aromatic N) is 2. The molecule has 134 valence electrons. The zero-order chi connectivity index (χ0) is 17.9. The number of hydrogen-bond donors (Lipinski definition) is 1. The number of rotatable bonds is 4. The van der Waals surface area contributed by atoms with Crippen molar-refractivity contribution < 1.29 is 9.21 Å². The predicted molar refractivity (Wildman–Crippen MR) is 105 cm³/mol. The van der Waals surface area contributed by atoms with Crippen LogP contribution in [0.15, 0.2) is 57.4 Å². The summed E-state index contributed by atoms with van der Waals surface area (Å²) < 4.78 is 6.90. The molecule has 2 heterocycles. The fraction of sp³-hybridized carbons (Fsp3) is 0.300. The second-order valence-electron chi connectivity index (χ2n) is 6.63. The molecule has 0 spiro atoms. The molecule has 6 heteroatoms. The van der Waals surface area contributed by atoms with Gasteiger partial charge in [0.25, 0.3) is 0 Å². The summed E-state index contributed by atoms with van der Waals surface area (Å²) in [5.41, 5.74) is 2.58. The number of para-hydroxylation sites is 2. The van der Waals surface area contributed by atoms with Crippen molar-refractivity contribution in [3.63, 3.8) is 0 Å². The zero-order valence-electron chi connectivity index (χ0n) is 14.3. The Bertz CT molecular complexity index is 866. The van der Waals surface area contributed by atoms with E-state index in [1.807, 2.05) is 48.5 Å². The molecule has 26 heavy (non-hydrogen) atoms. The summed E-state index contributed by atoms with van der Waals surface area (Å²) in [6.45, 7) is 2.16. The second-order valence-corrected chi connectivity index (χ2v) is 7.54. The lowest BCUT2D eigenvalue weighted by atomic mass is 9.97. The lowest BCUT2D eigenvalue weighted by Gasteiger charge is -2.29. The van der Waals surface area contributed by atoms with Crippen LogP contribution in [-0.4, -0.2) is 35.4 Å². The van der Waals surface area contributed by atoms with Crippen LogP contribution in [0.3, 0.4) is 0 Å². The molecule has 0 unspecified atom stereocenters. The summed E-state index contributed by atoms with van der Waals surface area (Å²) in [6.07, 6.45) is 1.91. The van der Waals surface area contributed by atoms with E-state index in [0.717, 1.165) is 53.1 Å². The fourth-order valence-electron chi connectivity index (χ4n) is 3.34. The fourth-order valence-corrected chi connectivity index (χ4v) is 3.60. The molecule has 1 aromatic heterocycles. The largest absolute Gasteiger partial charge is 0.440 e. The number of anilines is 1. The van der Waals surface area contributed by atoms with Gasteiger partial charge in [-0.2, -0.15) is 0 Å². The highest BCUT2D eigenvalue weighted by molar-refractivity contribution is 9.10. The van der Waals surface area contributed by atoms with Crippen molar-refractivity contribution >= 4 is 38.6 Å². The van der Waals surface area contributed by atoms with Crippen LogP contribution in [0.4, 0.5) is 5.69 Å². The summed E-state index contributed by atoms with van der Waals surface area (Å²) in [6, 6.07) is 15.5. The molecule has 1 aliphatic heterocycles. The lowest BCUT2D eigenvalue weighted by molar-refractivity contribution is -0.117. The van der Waals surface area contributed by atoms with E-state index in [1.54, 1.807) is 0 Å². The monoisotopic (exact) mass is 413 g/mol. The summed E-state index contributed by atoms with van der Waals surface area (Å²) in [5.74, 6) is 1.17. The summed E-state index contributed by atoms with van der Waals surface area (Å²) in [5, 5.41) is 2.94. The minimum absolute atomic E-state index is 0.0210. The number of amides is 1. The van der Waals surface area contributed by atoms with Gasteiger partial charge in [-0.3, -0.25) is 9.69 Å². The van der Waals surface area contributed by atoms with Gasteiger partial charge >= 0.3 is 0 Å². The molecule has 3 aromatic rings. The molecule has 1 aliphatic rings. The first-order valence-corrected chi connectivity index (χ1v) is 9.60. The number of fused-ring (bicyclic) bond motifs is 1. The molecular formula is C20H20BrN3O2. The normalized spacial score (nSPS) is 16.0. The quantitative estimate of drug-likeness (QED) is 0.687. The van der Waals surface area contributed by atoms with Gasteiger partial charge in [-0.05, 0) is 62.3 Å². The number of piperidine rings is 1. The van der Waals surface area contributed by atoms with Crippen LogP contribution in [0.1, 0.15) is 24.7 Å². The van der Waals surface area contributed by atoms with Crippen molar-refractivity contribution in [3.8, 4) is 0 Å². The van der Waals surface area contributed by atoms with E-state index >= 15 is 0 Å². The number of oxazole rings is 1. The Labute approximate surface area is 160 Å². The highest BCUT2D eigenvalue weighted by atomic mass is 79.9. The maximum absolute atomic E-state index is 12.2. The third-order valence-electron chi connectivity index (χ3n) is 4.74. The van der Waals surface area contributed by atoms with E-state index in [2.05, 4.69) is 31.1 Å². The number of nitrogens with one attached hydrogen (secondary N) is 1. The highest BCUT2D eigenvalue weighted by Gasteiger charge is 2.25. The Hall–Kier alpha value is -2.18. The number of aromatic nitrogens is 1. The van der Waals surface area contributed by atoms with Crippen LogP contribution in [-0.2, 0) is 4.79 Å². The standard InChI is InChI=1S/C20H20BrN3O2/c21-15-5-7-16(8-6-15)22-19(25)13-24-11-9-14(10-12-24)20-23-17-3-1-2-4-18(17)26-20/h1-8,14H,9-13H2,(H,22,25). The molecule has 0 saturated carbocycles. The van der Waals surface area contributed by atoms with Gasteiger partial charge in [0.1, 0.15) is 5.52 Å². The van der Waals surface area contributed by atoms with Crippen molar-refractivity contribution in [3.05, 3.63) is 58.9 Å². The maximum Gasteiger partial charge on any atom is 0.238 e. The van der Waals surface area contributed by atoms with Gasteiger partial charge in [0, 0.05) is 16.1 Å². The summed E-state index contributed by atoms with van der Waals surface area (Å²) >= 11 is 3.39. The van der Waals surface area contributed by atoms with Crippen LogP contribution in [0.25, 0.3) is 11.1 Å². The number of hydrogen-bond acceptors (Lipinski definition) is 4. The van der Waals surface area contributed by atoms with Crippen LogP contribution in [0.5, 0.6) is 0 Å². The minimum atomic E-state index is 0.0210. The third-order valence-corrected chi connectivity index (χ3v) is 5.27. The molecule has 5 nitrogen and oxygen atoms in total. The van der Waals surface area contributed by atoms with Gasteiger partial charge in [0.15, 0.2) is 11.5 Å². The second kappa shape index (κ2) is 7.60. The lowest BCUT2D eigenvalue weighted by Crippen LogP contribution is -2.38. The van der Waals surface area contributed by atoms with E-state index in [4.69, 9.17) is 4.42 Å². The Balaban J connectivity index is 1.30. The van der Waals surface area contributed by atoms with Gasteiger partial charge < -0.3 is 9.73 Å². The molecule has 0 aliphatic carbocycles. The van der Waals surface area contributed by atoms with Crippen molar-refractivity contribution in [2.75, 3.05) is 25.0 Å².